The number of fused-ring (bicyclic) bond motifs is 1. The van der Waals surface area contributed by atoms with Crippen molar-refractivity contribution in [2.24, 2.45) is 0 Å². The molecule has 2 heterocycles. The Morgan fingerprint density at radius 3 is 2.83 bits per heavy atom. The van der Waals surface area contributed by atoms with Gasteiger partial charge in [-0.2, -0.15) is 0 Å². The summed E-state index contributed by atoms with van der Waals surface area (Å²) in [5.74, 6) is 0.418. The summed E-state index contributed by atoms with van der Waals surface area (Å²) in [4.78, 5) is 26.6. The summed E-state index contributed by atoms with van der Waals surface area (Å²) >= 11 is 1.60. The molecule has 5 heteroatoms. The number of carbonyl (C=O) groups excluding carboxylic acids is 2. The Balaban J connectivity index is 1.55. The van der Waals surface area contributed by atoms with Crippen LogP contribution in [0.2, 0.25) is 0 Å². The molecule has 1 aliphatic rings. The SMILES string of the molecule is CC(=O)N1CC(CCNC(=O)Cc2cccs2)c2ccccc21. The van der Waals surface area contributed by atoms with Crippen LogP contribution in [0.1, 0.15) is 29.7 Å². The quantitative estimate of drug-likeness (QED) is 0.917. The molecule has 1 unspecified atom stereocenters. The number of amides is 2. The van der Waals surface area contributed by atoms with E-state index in [0.717, 1.165) is 17.0 Å². The van der Waals surface area contributed by atoms with Gasteiger partial charge in [0.2, 0.25) is 11.8 Å². The Morgan fingerprint density at radius 2 is 2.09 bits per heavy atom. The van der Waals surface area contributed by atoms with E-state index < -0.39 is 0 Å². The van der Waals surface area contributed by atoms with E-state index in [-0.39, 0.29) is 17.7 Å². The van der Waals surface area contributed by atoms with Crippen molar-refractivity contribution in [3.05, 3.63) is 52.2 Å². The number of para-hydroxylation sites is 1. The first-order valence-electron chi connectivity index (χ1n) is 7.81. The smallest absolute Gasteiger partial charge is 0.225 e. The molecule has 1 atom stereocenters. The number of rotatable bonds is 5. The predicted molar refractivity (Wildman–Crippen MR) is 92.9 cm³/mol. The van der Waals surface area contributed by atoms with E-state index >= 15 is 0 Å². The van der Waals surface area contributed by atoms with Crippen LogP contribution in [0, 0.1) is 0 Å². The normalized spacial score (nSPS) is 16.2. The standard InChI is InChI=1S/C18H20N2O2S/c1-13(21)20-12-14(16-6-2-3-7-17(16)20)8-9-19-18(22)11-15-5-4-10-23-15/h2-7,10,14H,8-9,11-12H2,1H3,(H,19,22). The Bertz CT molecular complexity index is 697. The fourth-order valence-electron chi connectivity index (χ4n) is 3.06. The molecule has 4 nitrogen and oxygen atoms in total. The molecule has 0 aliphatic carbocycles. The highest BCUT2D eigenvalue weighted by atomic mass is 32.1. The number of hydrogen-bond acceptors (Lipinski definition) is 3. The summed E-state index contributed by atoms with van der Waals surface area (Å²) in [6.45, 7) is 2.94. The van der Waals surface area contributed by atoms with Crippen molar-refractivity contribution in [1.29, 1.82) is 0 Å². The van der Waals surface area contributed by atoms with Gasteiger partial charge < -0.3 is 10.2 Å². The number of anilines is 1. The molecule has 0 radical (unpaired) electrons. The van der Waals surface area contributed by atoms with Gasteiger partial charge in [-0.1, -0.05) is 24.3 Å². The monoisotopic (exact) mass is 328 g/mol. The Labute approximate surface area is 140 Å². The maximum atomic E-state index is 11.9. The van der Waals surface area contributed by atoms with Crippen molar-refractivity contribution in [1.82, 2.24) is 5.32 Å². The molecule has 0 saturated heterocycles. The fraction of sp³-hybridized carbons (Fsp3) is 0.333. The Kier molecular flexibility index (Phi) is 4.76. The van der Waals surface area contributed by atoms with Gasteiger partial charge in [-0.05, 0) is 29.5 Å². The van der Waals surface area contributed by atoms with Crippen LogP contribution >= 0.6 is 11.3 Å². The van der Waals surface area contributed by atoms with Gasteiger partial charge in [0.25, 0.3) is 0 Å². The van der Waals surface area contributed by atoms with Crippen molar-refractivity contribution < 1.29 is 9.59 Å². The van der Waals surface area contributed by atoms with Crippen LogP contribution in [0.5, 0.6) is 0 Å². The van der Waals surface area contributed by atoms with Gasteiger partial charge in [0.05, 0.1) is 6.42 Å². The topological polar surface area (TPSA) is 49.4 Å². The maximum Gasteiger partial charge on any atom is 0.225 e. The van der Waals surface area contributed by atoms with Gasteiger partial charge in [-0.15, -0.1) is 11.3 Å². The third-order valence-electron chi connectivity index (χ3n) is 4.18. The minimum atomic E-state index is 0.0576. The highest BCUT2D eigenvalue weighted by Crippen LogP contribution is 2.37. The van der Waals surface area contributed by atoms with Gasteiger partial charge >= 0.3 is 0 Å². The molecule has 0 fully saturated rings. The molecule has 23 heavy (non-hydrogen) atoms. The molecule has 0 saturated carbocycles. The lowest BCUT2D eigenvalue weighted by atomic mass is 9.98. The van der Waals surface area contributed by atoms with E-state index in [1.165, 1.54) is 5.56 Å². The Morgan fingerprint density at radius 1 is 1.26 bits per heavy atom. The molecule has 2 aromatic rings. The lowest BCUT2D eigenvalue weighted by Gasteiger charge is -2.15. The molecule has 0 bridgehead atoms. The minimum absolute atomic E-state index is 0.0576. The molecule has 1 aromatic carbocycles. The van der Waals surface area contributed by atoms with Crippen molar-refractivity contribution in [2.75, 3.05) is 18.0 Å². The zero-order valence-corrected chi connectivity index (χ0v) is 13.9. The first-order chi connectivity index (χ1) is 11.1. The highest BCUT2D eigenvalue weighted by Gasteiger charge is 2.29. The van der Waals surface area contributed by atoms with Crippen LogP contribution in [0.4, 0.5) is 5.69 Å². The summed E-state index contributed by atoms with van der Waals surface area (Å²) in [6, 6.07) is 12.0. The van der Waals surface area contributed by atoms with Crippen LogP contribution < -0.4 is 10.2 Å². The molecule has 3 rings (SSSR count). The highest BCUT2D eigenvalue weighted by molar-refractivity contribution is 7.10. The van der Waals surface area contributed by atoms with E-state index in [9.17, 15) is 9.59 Å². The van der Waals surface area contributed by atoms with Crippen molar-refractivity contribution in [3.8, 4) is 0 Å². The summed E-state index contributed by atoms with van der Waals surface area (Å²) < 4.78 is 0. The number of nitrogens with one attached hydrogen (secondary N) is 1. The summed E-state index contributed by atoms with van der Waals surface area (Å²) in [6.07, 6.45) is 1.29. The largest absolute Gasteiger partial charge is 0.356 e. The van der Waals surface area contributed by atoms with Crippen LogP contribution in [0.3, 0.4) is 0 Å². The summed E-state index contributed by atoms with van der Waals surface area (Å²) in [5.41, 5.74) is 2.21. The van der Waals surface area contributed by atoms with Gasteiger partial charge in [0, 0.05) is 36.5 Å². The number of carbonyl (C=O) groups is 2. The molecule has 1 N–H and O–H groups in total. The first-order valence-corrected chi connectivity index (χ1v) is 8.69. The molecule has 120 valence electrons. The summed E-state index contributed by atoms with van der Waals surface area (Å²) in [7, 11) is 0. The van der Waals surface area contributed by atoms with Crippen LogP contribution in [-0.4, -0.2) is 24.9 Å². The van der Waals surface area contributed by atoms with Gasteiger partial charge in [-0.25, -0.2) is 0 Å². The van der Waals surface area contributed by atoms with E-state index in [4.69, 9.17) is 0 Å². The van der Waals surface area contributed by atoms with E-state index in [2.05, 4.69) is 11.4 Å². The third kappa shape index (κ3) is 3.62. The maximum absolute atomic E-state index is 11.9. The van der Waals surface area contributed by atoms with E-state index in [1.807, 2.05) is 40.6 Å². The van der Waals surface area contributed by atoms with Crippen LogP contribution in [-0.2, 0) is 16.0 Å². The lowest BCUT2D eigenvalue weighted by molar-refractivity contribution is -0.120. The minimum Gasteiger partial charge on any atom is -0.356 e. The second-order valence-electron chi connectivity index (χ2n) is 5.78. The fourth-order valence-corrected chi connectivity index (χ4v) is 3.76. The van der Waals surface area contributed by atoms with Gasteiger partial charge in [0.15, 0.2) is 0 Å². The number of thiophene rings is 1. The second kappa shape index (κ2) is 6.96. The van der Waals surface area contributed by atoms with Gasteiger partial charge in [0.1, 0.15) is 0 Å². The van der Waals surface area contributed by atoms with Crippen molar-refractivity contribution >= 4 is 28.8 Å². The molecule has 2 amide bonds. The van der Waals surface area contributed by atoms with Crippen molar-refractivity contribution in [2.45, 2.75) is 25.7 Å². The number of benzene rings is 1. The van der Waals surface area contributed by atoms with Crippen LogP contribution in [0.25, 0.3) is 0 Å². The Hall–Kier alpha value is -2.14. The summed E-state index contributed by atoms with van der Waals surface area (Å²) in [5, 5.41) is 4.97. The lowest BCUT2D eigenvalue weighted by Crippen LogP contribution is -2.29. The average molecular weight is 328 g/mol. The first kappa shape index (κ1) is 15.7. The van der Waals surface area contributed by atoms with Crippen molar-refractivity contribution in [3.63, 3.8) is 0 Å². The number of nitrogens with zero attached hydrogens (tertiary/aromatic N) is 1. The molecule has 0 spiro atoms. The van der Waals surface area contributed by atoms with E-state index in [1.54, 1.807) is 18.3 Å². The predicted octanol–water partition coefficient (Wildman–Crippen LogP) is 2.95. The molecular weight excluding hydrogens is 308 g/mol. The molecule has 1 aliphatic heterocycles. The molecule has 1 aromatic heterocycles. The zero-order valence-electron chi connectivity index (χ0n) is 13.1. The second-order valence-corrected chi connectivity index (χ2v) is 6.81. The van der Waals surface area contributed by atoms with E-state index in [0.29, 0.717) is 19.5 Å². The van der Waals surface area contributed by atoms with Gasteiger partial charge in [-0.3, -0.25) is 9.59 Å². The number of hydrogen-bond donors (Lipinski definition) is 1. The van der Waals surface area contributed by atoms with Crippen LogP contribution in [0.15, 0.2) is 41.8 Å². The molecular formula is C18H20N2O2S. The zero-order chi connectivity index (χ0) is 16.2. The average Bonchev–Trinajstić information content (AvgIpc) is 3.15. The third-order valence-corrected chi connectivity index (χ3v) is 5.06.